The molecular formula is C19H30N2. The minimum atomic E-state index is 0.242. The molecule has 0 radical (unpaired) electrons. The zero-order valence-electron chi connectivity index (χ0n) is 13.9. The molecule has 1 aromatic rings. The Hall–Kier alpha value is -1.02. The molecule has 1 aromatic carbocycles. The van der Waals surface area contributed by atoms with E-state index >= 15 is 0 Å². The average Bonchev–Trinajstić information content (AvgIpc) is 2.79. The predicted molar refractivity (Wildman–Crippen MR) is 91.2 cm³/mol. The van der Waals surface area contributed by atoms with Gasteiger partial charge in [-0.25, -0.2) is 0 Å². The Labute approximate surface area is 129 Å². The first-order valence-electron chi connectivity index (χ1n) is 8.59. The lowest BCUT2D eigenvalue weighted by molar-refractivity contribution is 0.354. The SMILES string of the molecule is CC(C)(C)c1ccc(N2CCCNC3(CCCC3)C2)cc1. The van der Waals surface area contributed by atoms with Crippen LogP contribution in [0, 0.1) is 0 Å². The Kier molecular flexibility index (Phi) is 4.00. The molecule has 1 saturated heterocycles. The number of hydrogen-bond acceptors (Lipinski definition) is 2. The van der Waals surface area contributed by atoms with Crippen LogP contribution in [0.2, 0.25) is 0 Å². The summed E-state index contributed by atoms with van der Waals surface area (Å²) in [5.74, 6) is 0. The van der Waals surface area contributed by atoms with Gasteiger partial charge in [0, 0.05) is 24.3 Å². The molecule has 2 heteroatoms. The van der Waals surface area contributed by atoms with Gasteiger partial charge in [-0.2, -0.15) is 0 Å². The van der Waals surface area contributed by atoms with Crippen LogP contribution in [0.1, 0.15) is 58.4 Å². The highest BCUT2D eigenvalue weighted by Crippen LogP contribution is 2.33. The summed E-state index contributed by atoms with van der Waals surface area (Å²) < 4.78 is 0. The van der Waals surface area contributed by atoms with E-state index in [0.29, 0.717) is 5.54 Å². The zero-order valence-corrected chi connectivity index (χ0v) is 13.9. The Morgan fingerprint density at radius 3 is 2.29 bits per heavy atom. The van der Waals surface area contributed by atoms with Crippen molar-refractivity contribution in [2.24, 2.45) is 0 Å². The fourth-order valence-electron chi connectivity index (χ4n) is 3.90. The van der Waals surface area contributed by atoms with Crippen LogP contribution in [0.5, 0.6) is 0 Å². The van der Waals surface area contributed by atoms with Gasteiger partial charge in [0.2, 0.25) is 0 Å². The maximum atomic E-state index is 3.85. The summed E-state index contributed by atoms with van der Waals surface area (Å²) in [4.78, 5) is 2.61. The highest BCUT2D eigenvalue weighted by atomic mass is 15.2. The average molecular weight is 286 g/mol. The summed E-state index contributed by atoms with van der Waals surface area (Å²) in [5, 5.41) is 3.85. The van der Waals surface area contributed by atoms with Crippen LogP contribution in [0.25, 0.3) is 0 Å². The second-order valence-electron chi connectivity index (χ2n) is 7.99. The zero-order chi connectivity index (χ0) is 14.9. The summed E-state index contributed by atoms with van der Waals surface area (Å²) in [6.45, 7) is 10.4. The molecule has 116 valence electrons. The van der Waals surface area contributed by atoms with Crippen LogP contribution in [0.15, 0.2) is 24.3 Å². The number of hydrogen-bond donors (Lipinski definition) is 1. The van der Waals surface area contributed by atoms with Crippen molar-refractivity contribution in [2.75, 3.05) is 24.5 Å². The van der Waals surface area contributed by atoms with E-state index in [4.69, 9.17) is 0 Å². The topological polar surface area (TPSA) is 15.3 Å². The summed E-state index contributed by atoms with van der Waals surface area (Å²) in [7, 11) is 0. The summed E-state index contributed by atoms with van der Waals surface area (Å²) >= 11 is 0. The van der Waals surface area contributed by atoms with Gasteiger partial charge in [-0.3, -0.25) is 0 Å². The molecular weight excluding hydrogens is 256 g/mol. The first-order valence-corrected chi connectivity index (χ1v) is 8.59. The molecule has 1 aliphatic heterocycles. The van der Waals surface area contributed by atoms with Crippen molar-refractivity contribution in [1.29, 1.82) is 0 Å². The van der Waals surface area contributed by atoms with E-state index in [1.54, 1.807) is 0 Å². The maximum absolute atomic E-state index is 3.85. The van der Waals surface area contributed by atoms with Gasteiger partial charge in [-0.05, 0) is 48.9 Å². The molecule has 1 spiro atoms. The second-order valence-corrected chi connectivity index (χ2v) is 7.99. The van der Waals surface area contributed by atoms with Crippen molar-refractivity contribution in [3.05, 3.63) is 29.8 Å². The monoisotopic (exact) mass is 286 g/mol. The van der Waals surface area contributed by atoms with Crippen molar-refractivity contribution >= 4 is 5.69 Å². The molecule has 1 saturated carbocycles. The number of benzene rings is 1. The molecule has 0 aromatic heterocycles. The normalized spacial score (nSPS) is 22.5. The highest BCUT2D eigenvalue weighted by Gasteiger charge is 2.36. The van der Waals surface area contributed by atoms with E-state index in [0.717, 1.165) is 0 Å². The summed E-state index contributed by atoms with van der Waals surface area (Å²) in [5.41, 5.74) is 3.46. The Balaban J connectivity index is 1.78. The minimum absolute atomic E-state index is 0.242. The minimum Gasteiger partial charge on any atom is -0.370 e. The quantitative estimate of drug-likeness (QED) is 0.836. The van der Waals surface area contributed by atoms with Crippen molar-refractivity contribution in [3.63, 3.8) is 0 Å². The van der Waals surface area contributed by atoms with Crippen LogP contribution in [0.4, 0.5) is 5.69 Å². The Morgan fingerprint density at radius 2 is 1.67 bits per heavy atom. The van der Waals surface area contributed by atoms with Crippen LogP contribution in [0.3, 0.4) is 0 Å². The van der Waals surface area contributed by atoms with E-state index in [1.807, 2.05) is 0 Å². The lowest BCUT2D eigenvalue weighted by atomic mass is 9.87. The molecule has 2 fully saturated rings. The van der Waals surface area contributed by atoms with Crippen molar-refractivity contribution in [3.8, 4) is 0 Å². The third kappa shape index (κ3) is 3.26. The van der Waals surface area contributed by atoms with Gasteiger partial charge >= 0.3 is 0 Å². The molecule has 2 nitrogen and oxygen atoms in total. The fraction of sp³-hybridized carbons (Fsp3) is 0.684. The molecule has 0 unspecified atom stereocenters. The highest BCUT2D eigenvalue weighted by molar-refractivity contribution is 5.49. The molecule has 3 rings (SSSR count). The number of rotatable bonds is 1. The first kappa shape index (κ1) is 14.9. The van der Waals surface area contributed by atoms with Crippen LogP contribution in [-0.4, -0.2) is 25.2 Å². The third-order valence-electron chi connectivity index (χ3n) is 5.26. The van der Waals surface area contributed by atoms with Crippen molar-refractivity contribution in [1.82, 2.24) is 5.32 Å². The van der Waals surface area contributed by atoms with Gasteiger partial charge < -0.3 is 10.2 Å². The first-order chi connectivity index (χ1) is 9.99. The molecule has 0 atom stereocenters. The van der Waals surface area contributed by atoms with Crippen LogP contribution in [-0.2, 0) is 5.41 Å². The van der Waals surface area contributed by atoms with Crippen molar-refractivity contribution < 1.29 is 0 Å². The van der Waals surface area contributed by atoms with E-state index in [2.05, 4.69) is 55.3 Å². The van der Waals surface area contributed by atoms with Gasteiger partial charge in [0.15, 0.2) is 0 Å². The van der Waals surface area contributed by atoms with E-state index in [9.17, 15) is 0 Å². The van der Waals surface area contributed by atoms with Gasteiger partial charge in [-0.15, -0.1) is 0 Å². The molecule has 2 aliphatic rings. The third-order valence-corrected chi connectivity index (χ3v) is 5.26. The second kappa shape index (κ2) is 5.64. The van der Waals surface area contributed by atoms with Gasteiger partial charge in [0.25, 0.3) is 0 Å². The molecule has 1 aliphatic carbocycles. The largest absolute Gasteiger partial charge is 0.370 e. The lowest BCUT2D eigenvalue weighted by Gasteiger charge is -2.34. The number of nitrogens with zero attached hydrogens (tertiary/aromatic N) is 1. The van der Waals surface area contributed by atoms with Gasteiger partial charge in [0.1, 0.15) is 0 Å². The van der Waals surface area contributed by atoms with E-state index in [-0.39, 0.29) is 5.41 Å². The molecule has 21 heavy (non-hydrogen) atoms. The fourth-order valence-corrected chi connectivity index (χ4v) is 3.90. The molecule has 1 heterocycles. The van der Waals surface area contributed by atoms with Crippen LogP contribution < -0.4 is 10.2 Å². The summed E-state index contributed by atoms with van der Waals surface area (Å²) in [6, 6.07) is 9.28. The van der Waals surface area contributed by atoms with Gasteiger partial charge in [-0.1, -0.05) is 45.7 Å². The van der Waals surface area contributed by atoms with Crippen LogP contribution >= 0.6 is 0 Å². The Bertz CT molecular complexity index is 463. The molecule has 0 bridgehead atoms. The van der Waals surface area contributed by atoms with Crippen molar-refractivity contribution in [2.45, 2.75) is 63.8 Å². The maximum Gasteiger partial charge on any atom is 0.0367 e. The smallest absolute Gasteiger partial charge is 0.0367 e. The Morgan fingerprint density at radius 1 is 1.00 bits per heavy atom. The standard InChI is InChI=1S/C19H30N2/c1-18(2,3)16-7-9-17(10-8-16)21-14-6-13-20-19(15-21)11-4-5-12-19/h7-10,20H,4-6,11-15H2,1-3H3. The number of nitrogens with one attached hydrogen (secondary N) is 1. The molecule has 1 N–H and O–H groups in total. The predicted octanol–water partition coefficient (Wildman–Crippen LogP) is 4.10. The van der Waals surface area contributed by atoms with E-state index in [1.165, 1.54) is 63.0 Å². The van der Waals surface area contributed by atoms with Gasteiger partial charge in [0.05, 0.1) is 0 Å². The lowest BCUT2D eigenvalue weighted by Crippen LogP contribution is -2.49. The summed E-state index contributed by atoms with van der Waals surface area (Å²) in [6.07, 6.45) is 6.74. The van der Waals surface area contributed by atoms with E-state index < -0.39 is 0 Å². The number of anilines is 1. The molecule has 0 amide bonds.